The number of allylic oxidation sites excluding steroid dienone is 1. The molecule has 0 bridgehead atoms. The van der Waals surface area contributed by atoms with Crippen LogP contribution in [-0.2, 0) is 9.47 Å². The van der Waals surface area contributed by atoms with E-state index in [-0.39, 0.29) is 0 Å². The van der Waals surface area contributed by atoms with E-state index in [9.17, 15) is 0 Å². The molecule has 0 saturated carbocycles. The minimum Gasteiger partial charge on any atom is -0.381 e. The topological polar surface area (TPSA) is 18.5 Å². The summed E-state index contributed by atoms with van der Waals surface area (Å²) in [5.41, 5.74) is 2.51. The van der Waals surface area contributed by atoms with Crippen LogP contribution in [0, 0.1) is 0 Å². The lowest BCUT2D eigenvalue weighted by molar-refractivity contribution is 0.151. The molecule has 16 heavy (non-hydrogen) atoms. The van der Waals surface area contributed by atoms with Gasteiger partial charge in [0.05, 0.1) is 13.2 Å². The van der Waals surface area contributed by atoms with Crippen molar-refractivity contribution in [3.05, 3.63) is 23.8 Å². The highest BCUT2D eigenvalue weighted by Gasteiger charge is 1.83. The first-order valence-electron chi connectivity index (χ1n) is 5.97. The summed E-state index contributed by atoms with van der Waals surface area (Å²) in [6.07, 6.45) is 3.07. The number of rotatable bonds is 7. The molecule has 2 heteroatoms. The van der Waals surface area contributed by atoms with Gasteiger partial charge in [-0.1, -0.05) is 17.2 Å². The lowest BCUT2D eigenvalue weighted by Gasteiger charge is -1.97. The second-order valence-electron chi connectivity index (χ2n) is 3.84. The molecule has 0 aliphatic rings. The van der Waals surface area contributed by atoms with Crippen molar-refractivity contribution in [2.45, 2.75) is 41.0 Å². The number of hydrogen-bond donors (Lipinski definition) is 0. The average Bonchev–Trinajstić information content (AvgIpc) is 2.18. The summed E-state index contributed by atoms with van der Waals surface area (Å²) < 4.78 is 10.2. The molecule has 0 atom stereocenters. The van der Waals surface area contributed by atoms with Gasteiger partial charge in [-0.25, -0.2) is 0 Å². The van der Waals surface area contributed by atoms with E-state index in [1.54, 1.807) is 0 Å². The van der Waals surface area contributed by atoms with Crippen LogP contribution >= 0.6 is 0 Å². The van der Waals surface area contributed by atoms with Crippen LogP contribution < -0.4 is 0 Å². The Morgan fingerprint density at radius 2 is 1.62 bits per heavy atom. The molecule has 0 aliphatic carbocycles. The number of hydrogen-bond acceptors (Lipinski definition) is 2. The first-order chi connectivity index (χ1) is 7.54. The Morgan fingerprint density at radius 1 is 1.06 bits per heavy atom. The Hall–Kier alpha value is -0.600. The van der Waals surface area contributed by atoms with E-state index in [0.29, 0.717) is 0 Å². The zero-order valence-corrected chi connectivity index (χ0v) is 11.6. The minimum atomic E-state index is 0.763. The van der Waals surface area contributed by atoms with Gasteiger partial charge in [0.25, 0.3) is 0 Å². The second kappa shape index (κ2) is 14.4. The van der Waals surface area contributed by atoms with E-state index in [1.165, 1.54) is 11.1 Å². The maximum Gasteiger partial charge on any atom is 0.0649 e. The van der Waals surface area contributed by atoms with Gasteiger partial charge in [0.15, 0.2) is 0 Å². The van der Waals surface area contributed by atoms with Crippen molar-refractivity contribution in [3.63, 3.8) is 0 Å². The predicted molar refractivity (Wildman–Crippen MR) is 71.8 cm³/mol. The second-order valence-corrected chi connectivity index (χ2v) is 3.84. The molecule has 0 rings (SSSR count). The first-order valence-corrected chi connectivity index (χ1v) is 5.97. The van der Waals surface area contributed by atoms with Crippen molar-refractivity contribution in [2.24, 2.45) is 0 Å². The summed E-state index contributed by atoms with van der Waals surface area (Å²) in [5.74, 6) is 0. The van der Waals surface area contributed by atoms with Crippen molar-refractivity contribution < 1.29 is 9.47 Å². The van der Waals surface area contributed by atoms with Gasteiger partial charge in [-0.15, -0.1) is 6.58 Å². The first kappa shape index (κ1) is 17.8. The lowest BCUT2D eigenvalue weighted by atomic mass is 10.3. The van der Waals surface area contributed by atoms with Crippen molar-refractivity contribution in [1.82, 2.24) is 0 Å². The van der Waals surface area contributed by atoms with Crippen LogP contribution in [0.15, 0.2) is 23.8 Å². The standard InChI is InChI=1S/2C7H14O/c2*1-4-8-6-5-7(2)3/h5H,4,6H2,1-3H3;2,4-6H2,1,3H3. The lowest BCUT2D eigenvalue weighted by Crippen LogP contribution is -1.92. The van der Waals surface area contributed by atoms with E-state index in [0.717, 1.165) is 32.8 Å². The van der Waals surface area contributed by atoms with Crippen molar-refractivity contribution in [3.8, 4) is 0 Å². The Bertz CT molecular complexity index is 179. The smallest absolute Gasteiger partial charge is 0.0649 e. The Kier molecular flexibility index (Phi) is 16.0. The van der Waals surface area contributed by atoms with Crippen LogP contribution in [0.5, 0.6) is 0 Å². The van der Waals surface area contributed by atoms with Crippen LogP contribution in [0.3, 0.4) is 0 Å². The quantitative estimate of drug-likeness (QED) is 0.485. The van der Waals surface area contributed by atoms with Crippen molar-refractivity contribution >= 4 is 0 Å². The summed E-state index contributed by atoms with van der Waals surface area (Å²) in [5, 5.41) is 0. The van der Waals surface area contributed by atoms with Crippen molar-refractivity contribution in [2.75, 3.05) is 26.4 Å². The van der Waals surface area contributed by atoms with Crippen molar-refractivity contribution in [1.29, 1.82) is 0 Å². The summed E-state index contributed by atoms with van der Waals surface area (Å²) in [6, 6.07) is 0. The predicted octanol–water partition coefficient (Wildman–Crippen LogP) is 3.98. The maximum atomic E-state index is 5.08. The van der Waals surface area contributed by atoms with Gasteiger partial charge in [-0.2, -0.15) is 0 Å². The zero-order valence-electron chi connectivity index (χ0n) is 11.6. The highest BCUT2D eigenvalue weighted by atomic mass is 16.5. The molecule has 0 aromatic heterocycles. The molecule has 0 aromatic rings. The highest BCUT2D eigenvalue weighted by molar-refractivity contribution is 4.92. The van der Waals surface area contributed by atoms with E-state index >= 15 is 0 Å². The molecule has 2 nitrogen and oxygen atoms in total. The fourth-order valence-electron chi connectivity index (χ4n) is 0.734. The van der Waals surface area contributed by atoms with Gasteiger partial charge in [0, 0.05) is 13.2 Å². The average molecular weight is 228 g/mol. The normalized spacial score (nSPS) is 9.06. The van der Waals surface area contributed by atoms with Crippen LogP contribution in [0.1, 0.15) is 41.0 Å². The van der Waals surface area contributed by atoms with Crippen LogP contribution in [0.25, 0.3) is 0 Å². The van der Waals surface area contributed by atoms with Crippen LogP contribution in [0.2, 0.25) is 0 Å². The molecule has 0 unspecified atom stereocenters. The van der Waals surface area contributed by atoms with E-state index in [4.69, 9.17) is 9.47 Å². The SMILES string of the molecule is C=C(C)CCOCC.CCOCC=C(C)C. The molecule has 0 aliphatic heterocycles. The zero-order chi connectivity index (χ0) is 12.8. The van der Waals surface area contributed by atoms with E-state index in [2.05, 4.69) is 26.5 Å². The van der Waals surface area contributed by atoms with Gasteiger partial charge in [0.2, 0.25) is 0 Å². The molecule has 0 heterocycles. The van der Waals surface area contributed by atoms with E-state index < -0.39 is 0 Å². The molecule has 0 aromatic carbocycles. The number of ether oxygens (including phenoxy) is 2. The van der Waals surface area contributed by atoms with Gasteiger partial charge in [-0.05, 0) is 41.0 Å². The Labute approximate surface area is 101 Å². The molecule has 0 saturated heterocycles. The largest absolute Gasteiger partial charge is 0.381 e. The van der Waals surface area contributed by atoms with Crippen LogP contribution in [0.4, 0.5) is 0 Å². The van der Waals surface area contributed by atoms with Gasteiger partial charge < -0.3 is 9.47 Å². The van der Waals surface area contributed by atoms with E-state index in [1.807, 2.05) is 20.8 Å². The maximum absolute atomic E-state index is 5.08. The third-order valence-corrected chi connectivity index (χ3v) is 1.69. The summed E-state index contributed by atoms with van der Waals surface area (Å²) in [4.78, 5) is 0. The summed E-state index contributed by atoms with van der Waals surface area (Å²) in [7, 11) is 0. The highest BCUT2D eigenvalue weighted by Crippen LogP contribution is 1.93. The van der Waals surface area contributed by atoms with Gasteiger partial charge >= 0.3 is 0 Å². The molecule has 0 radical (unpaired) electrons. The molecular formula is C14H28O2. The Balaban J connectivity index is 0. The Morgan fingerprint density at radius 3 is 2.00 bits per heavy atom. The summed E-state index contributed by atoms with van der Waals surface area (Å²) >= 11 is 0. The van der Waals surface area contributed by atoms with Gasteiger partial charge in [0.1, 0.15) is 0 Å². The fourth-order valence-corrected chi connectivity index (χ4v) is 0.734. The minimum absolute atomic E-state index is 0.763. The molecular weight excluding hydrogens is 200 g/mol. The molecule has 0 spiro atoms. The molecule has 96 valence electrons. The third-order valence-electron chi connectivity index (χ3n) is 1.69. The molecule has 0 N–H and O–H groups in total. The monoisotopic (exact) mass is 228 g/mol. The third kappa shape index (κ3) is 23.3. The molecule has 0 amide bonds. The summed E-state index contributed by atoms with van der Waals surface area (Å²) in [6.45, 7) is 17.1. The fraction of sp³-hybridized carbons (Fsp3) is 0.714. The van der Waals surface area contributed by atoms with Crippen LogP contribution in [-0.4, -0.2) is 26.4 Å². The van der Waals surface area contributed by atoms with Gasteiger partial charge in [-0.3, -0.25) is 0 Å². The molecule has 0 fully saturated rings.